The van der Waals surface area contributed by atoms with Crippen molar-refractivity contribution in [3.63, 3.8) is 0 Å². The van der Waals surface area contributed by atoms with E-state index in [1.54, 1.807) is 23.1 Å². The molecule has 2 rings (SSSR count). The molecular formula is C16H19Cl2NO2. The maximum absolute atomic E-state index is 12.3. The predicted octanol–water partition coefficient (Wildman–Crippen LogP) is 4.21. The van der Waals surface area contributed by atoms with Crippen molar-refractivity contribution < 1.29 is 9.59 Å². The fourth-order valence-corrected chi connectivity index (χ4v) is 2.69. The first-order chi connectivity index (χ1) is 9.78. The molecule has 21 heavy (non-hydrogen) atoms. The van der Waals surface area contributed by atoms with E-state index in [1.807, 2.05) is 0 Å². The second-order valence-electron chi connectivity index (χ2n) is 6.28. The van der Waals surface area contributed by atoms with Gasteiger partial charge >= 0.3 is 0 Å². The van der Waals surface area contributed by atoms with Crippen LogP contribution in [0.4, 0.5) is 0 Å². The maximum Gasteiger partial charge on any atom is 0.222 e. The second-order valence-corrected chi connectivity index (χ2v) is 7.10. The number of Topliss-reactive ketones (excluding diaryl/α,β-unsaturated/α-hetero) is 1. The summed E-state index contributed by atoms with van der Waals surface area (Å²) in [4.78, 5) is 26.1. The van der Waals surface area contributed by atoms with E-state index >= 15 is 0 Å². The molecule has 1 fully saturated rings. The average Bonchev–Trinajstić information content (AvgIpc) is 2.55. The lowest BCUT2D eigenvalue weighted by atomic mass is 9.85. The number of likely N-dealkylation sites (tertiary alicyclic amines) is 1. The normalized spacial score (nSPS) is 18.5. The lowest BCUT2D eigenvalue weighted by Crippen LogP contribution is -2.35. The molecule has 1 amide bonds. The molecule has 0 aromatic heterocycles. The highest BCUT2D eigenvalue weighted by Crippen LogP contribution is 2.30. The second kappa shape index (κ2) is 6.37. The Morgan fingerprint density at radius 2 is 1.95 bits per heavy atom. The summed E-state index contributed by atoms with van der Waals surface area (Å²) in [5, 5.41) is 0.770. The Balaban J connectivity index is 2.07. The molecule has 5 heteroatoms. The van der Waals surface area contributed by atoms with Gasteiger partial charge in [0.15, 0.2) is 5.78 Å². The number of nitrogens with zero attached hydrogens (tertiary/aromatic N) is 1. The van der Waals surface area contributed by atoms with Crippen molar-refractivity contribution in [2.45, 2.75) is 33.1 Å². The Kier molecular flexibility index (Phi) is 4.95. The van der Waals surface area contributed by atoms with Gasteiger partial charge in [-0.25, -0.2) is 0 Å². The number of hydrogen-bond donors (Lipinski definition) is 0. The molecule has 3 nitrogen and oxygen atoms in total. The summed E-state index contributed by atoms with van der Waals surface area (Å²) in [6, 6.07) is 4.80. The lowest BCUT2D eigenvalue weighted by Gasteiger charge is -2.23. The zero-order chi connectivity index (χ0) is 15.6. The number of amides is 1. The molecule has 0 spiro atoms. The van der Waals surface area contributed by atoms with Crippen LogP contribution in [0.5, 0.6) is 0 Å². The van der Waals surface area contributed by atoms with E-state index in [0.29, 0.717) is 28.6 Å². The number of halogens is 2. The van der Waals surface area contributed by atoms with Gasteiger partial charge in [-0.05, 0) is 36.5 Å². The molecule has 1 saturated heterocycles. The minimum Gasteiger partial charge on any atom is -0.335 e. The van der Waals surface area contributed by atoms with Crippen LogP contribution in [-0.2, 0) is 4.79 Å². The highest BCUT2D eigenvalue weighted by molar-refractivity contribution is 6.42. The van der Waals surface area contributed by atoms with Crippen LogP contribution in [0, 0.1) is 5.41 Å². The van der Waals surface area contributed by atoms with E-state index in [-0.39, 0.29) is 23.7 Å². The van der Waals surface area contributed by atoms with Gasteiger partial charge in [0.05, 0.1) is 16.6 Å². The molecule has 0 bridgehead atoms. The number of carbonyl (C=O) groups excluding carboxylic acids is 2. The van der Waals surface area contributed by atoms with Gasteiger partial charge in [-0.1, -0.05) is 37.0 Å². The molecule has 0 radical (unpaired) electrons. The lowest BCUT2D eigenvalue weighted by molar-refractivity contribution is -0.130. The largest absolute Gasteiger partial charge is 0.335 e. The third-order valence-corrected chi connectivity index (χ3v) is 4.74. The molecule has 0 aliphatic carbocycles. The topological polar surface area (TPSA) is 37.4 Å². The number of benzene rings is 1. The van der Waals surface area contributed by atoms with Crippen molar-refractivity contribution in [2.75, 3.05) is 13.1 Å². The van der Waals surface area contributed by atoms with Crippen molar-refractivity contribution in [1.29, 1.82) is 0 Å². The van der Waals surface area contributed by atoms with Gasteiger partial charge in [-0.15, -0.1) is 0 Å². The smallest absolute Gasteiger partial charge is 0.222 e. The van der Waals surface area contributed by atoms with E-state index in [1.165, 1.54) is 0 Å². The zero-order valence-electron chi connectivity index (χ0n) is 12.3. The highest BCUT2D eigenvalue weighted by atomic mass is 35.5. The molecule has 0 N–H and O–H groups in total. The van der Waals surface area contributed by atoms with Crippen LogP contribution in [0.15, 0.2) is 18.2 Å². The van der Waals surface area contributed by atoms with E-state index in [0.717, 1.165) is 12.8 Å². The fraction of sp³-hybridized carbons (Fsp3) is 0.500. The SMILES string of the molecule is CC1(C)CCC(=O)N(CC(=O)c2ccc(Cl)c(Cl)c2)CC1. The van der Waals surface area contributed by atoms with Gasteiger partial charge < -0.3 is 4.90 Å². The summed E-state index contributed by atoms with van der Waals surface area (Å²) in [5.41, 5.74) is 0.637. The first kappa shape index (κ1) is 16.3. The number of hydrogen-bond acceptors (Lipinski definition) is 2. The van der Waals surface area contributed by atoms with Crippen molar-refractivity contribution in [3.05, 3.63) is 33.8 Å². The zero-order valence-corrected chi connectivity index (χ0v) is 13.8. The van der Waals surface area contributed by atoms with Crippen LogP contribution in [0.3, 0.4) is 0 Å². The Labute approximate surface area is 135 Å². The van der Waals surface area contributed by atoms with Crippen LogP contribution in [0.25, 0.3) is 0 Å². The molecule has 1 heterocycles. The molecule has 1 aromatic carbocycles. The van der Waals surface area contributed by atoms with Crippen molar-refractivity contribution >= 4 is 34.9 Å². The van der Waals surface area contributed by atoms with Gasteiger partial charge in [0.25, 0.3) is 0 Å². The highest BCUT2D eigenvalue weighted by Gasteiger charge is 2.28. The number of ketones is 1. The van der Waals surface area contributed by atoms with Gasteiger partial charge in [-0.3, -0.25) is 9.59 Å². The minimum atomic E-state index is -0.110. The summed E-state index contributed by atoms with van der Waals surface area (Å²) in [6.07, 6.45) is 2.28. The van der Waals surface area contributed by atoms with E-state index < -0.39 is 0 Å². The Hall–Kier alpha value is -1.06. The molecule has 0 unspecified atom stereocenters. The summed E-state index contributed by atoms with van der Waals surface area (Å²) < 4.78 is 0. The summed E-state index contributed by atoms with van der Waals surface area (Å²) in [5.74, 6) is -0.0596. The van der Waals surface area contributed by atoms with Gasteiger partial charge in [0, 0.05) is 18.5 Å². The van der Waals surface area contributed by atoms with Crippen LogP contribution in [0.2, 0.25) is 10.0 Å². The Morgan fingerprint density at radius 1 is 1.24 bits per heavy atom. The molecule has 0 atom stereocenters. The standard InChI is InChI=1S/C16H19Cl2NO2/c1-16(2)6-5-15(21)19(8-7-16)10-14(20)11-3-4-12(17)13(18)9-11/h3-4,9H,5-8,10H2,1-2H3. The third kappa shape index (κ3) is 4.21. The van der Waals surface area contributed by atoms with Gasteiger partial charge in [0.1, 0.15) is 0 Å². The van der Waals surface area contributed by atoms with Crippen LogP contribution < -0.4 is 0 Å². The molecule has 114 valence electrons. The molecule has 1 aliphatic rings. The molecular weight excluding hydrogens is 309 g/mol. The fourth-order valence-electron chi connectivity index (χ4n) is 2.39. The quantitative estimate of drug-likeness (QED) is 0.779. The number of carbonyl (C=O) groups is 2. The first-order valence-electron chi connectivity index (χ1n) is 7.04. The van der Waals surface area contributed by atoms with E-state index in [9.17, 15) is 9.59 Å². The molecule has 1 aromatic rings. The van der Waals surface area contributed by atoms with Gasteiger partial charge in [0.2, 0.25) is 5.91 Å². The first-order valence-corrected chi connectivity index (χ1v) is 7.80. The minimum absolute atomic E-state index is 0.0500. The van der Waals surface area contributed by atoms with Crippen molar-refractivity contribution in [2.24, 2.45) is 5.41 Å². The maximum atomic E-state index is 12.3. The molecule has 0 saturated carbocycles. The van der Waals surface area contributed by atoms with E-state index in [2.05, 4.69) is 13.8 Å². The number of rotatable bonds is 3. The van der Waals surface area contributed by atoms with Crippen molar-refractivity contribution in [1.82, 2.24) is 4.90 Å². The van der Waals surface area contributed by atoms with E-state index in [4.69, 9.17) is 23.2 Å². The van der Waals surface area contributed by atoms with Gasteiger partial charge in [-0.2, -0.15) is 0 Å². The molecule has 1 aliphatic heterocycles. The van der Waals surface area contributed by atoms with Crippen LogP contribution in [0.1, 0.15) is 43.5 Å². The summed E-state index contributed by atoms with van der Waals surface area (Å²) in [6.45, 7) is 5.04. The Bertz CT molecular complexity index is 569. The summed E-state index contributed by atoms with van der Waals surface area (Å²) >= 11 is 11.8. The van der Waals surface area contributed by atoms with Crippen molar-refractivity contribution in [3.8, 4) is 0 Å². The predicted molar refractivity (Wildman–Crippen MR) is 85.0 cm³/mol. The van der Waals surface area contributed by atoms with Crippen LogP contribution >= 0.6 is 23.2 Å². The third-order valence-electron chi connectivity index (χ3n) is 4.00. The van der Waals surface area contributed by atoms with Crippen LogP contribution in [-0.4, -0.2) is 29.7 Å². The summed E-state index contributed by atoms with van der Waals surface area (Å²) in [7, 11) is 0. The average molecular weight is 328 g/mol. The Morgan fingerprint density at radius 3 is 2.62 bits per heavy atom. The monoisotopic (exact) mass is 327 g/mol.